The lowest BCUT2D eigenvalue weighted by atomic mass is 10.3. The molecule has 2 heterocycles. The van der Waals surface area contributed by atoms with Gasteiger partial charge in [0.2, 0.25) is 5.91 Å². The maximum Gasteiger partial charge on any atom is 0.229 e. The van der Waals surface area contributed by atoms with Crippen LogP contribution in [0.25, 0.3) is 10.2 Å². The van der Waals surface area contributed by atoms with E-state index in [4.69, 9.17) is 9.47 Å². The molecule has 3 aromatic rings. The van der Waals surface area contributed by atoms with E-state index in [1.54, 1.807) is 42.3 Å². The van der Waals surface area contributed by atoms with Crippen LogP contribution in [-0.4, -0.2) is 76.5 Å². The van der Waals surface area contributed by atoms with E-state index in [0.717, 1.165) is 49.5 Å². The summed E-state index contributed by atoms with van der Waals surface area (Å²) in [6, 6.07) is 13.9. The van der Waals surface area contributed by atoms with Crippen molar-refractivity contribution in [2.24, 2.45) is 0 Å². The van der Waals surface area contributed by atoms with Crippen LogP contribution in [0.3, 0.4) is 0 Å². The van der Waals surface area contributed by atoms with E-state index in [-0.39, 0.29) is 23.0 Å². The molecule has 0 N–H and O–H groups in total. The van der Waals surface area contributed by atoms with Gasteiger partial charge in [-0.25, -0.2) is 13.4 Å². The number of methoxy groups -OCH3 is 1. The highest BCUT2D eigenvalue weighted by atomic mass is 32.2. The number of hydrogen-bond acceptors (Lipinski definition) is 8. The van der Waals surface area contributed by atoms with Crippen LogP contribution in [0.15, 0.2) is 53.4 Å². The molecule has 1 saturated heterocycles. The van der Waals surface area contributed by atoms with Crippen LogP contribution in [0.5, 0.6) is 5.75 Å². The zero-order valence-corrected chi connectivity index (χ0v) is 20.8. The van der Waals surface area contributed by atoms with Crippen LogP contribution in [0.4, 0.5) is 5.13 Å². The Balaban J connectivity index is 1.49. The van der Waals surface area contributed by atoms with Gasteiger partial charge in [-0.15, -0.1) is 0 Å². The van der Waals surface area contributed by atoms with Gasteiger partial charge in [-0.05, 0) is 30.7 Å². The Bertz CT molecular complexity index is 1210. The summed E-state index contributed by atoms with van der Waals surface area (Å²) >= 11 is 1.42. The fourth-order valence-electron chi connectivity index (χ4n) is 3.84. The zero-order chi connectivity index (χ0) is 24.0. The summed E-state index contributed by atoms with van der Waals surface area (Å²) in [4.78, 5) is 22.1. The van der Waals surface area contributed by atoms with Gasteiger partial charge in [-0.3, -0.25) is 14.6 Å². The predicted molar refractivity (Wildman–Crippen MR) is 134 cm³/mol. The highest BCUT2D eigenvalue weighted by Gasteiger charge is 2.23. The molecule has 2 aromatic carbocycles. The summed E-state index contributed by atoms with van der Waals surface area (Å²) in [6.45, 7) is 4.51. The van der Waals surface area contributed by atoms with Crippen molar-refractivity contribution in [3.63, 3.8) is 0 Å². The lowest BCUT2D eigenvalue weighted by Gasteiger charge is -2.27. The number of fused-ring (bicyclic) bond motifs is 1. The van der Waals surface area contributed by atoms with E-state index in [1.165, 1.54) is 11.3 Å². The summed E-state index contributed by atoms with van der Waals surface area (Å²) in [5, 5.41) is 0.576. The molecule has 34 heavy (non-hydrogen) atoms. The molecule has 1 amide bonds. The van der Waals surface area contributed by atoms with Gasteiger partial charge in [0, 0.05) is 38.7 Å². The highest BCUT2D eigenvalue weighted by Crippen LogP contribution is 2.31. The average molecular weight is 504 g/mol. The van der Waals surface area contributed by atoms with Gasteiger partial charge in [0.1, 0.15) is 5.75 Å². The van der Waals surface area contributed by atoms with Crippen LogP contribution in [-0.2, 0) is 19.4 Å². The topological polar surface area (TPSA) is 89.0 Å². The molecule has 10 heteroatoms. The molecule has 1 aliphatic heterocycles. The van der Waals surface area contributed by atoms with Gasteiger partial charge in [-0.2, -0.15) is 0 Å². The third kappa shape index (κ3) is 6.12. The fourth-order valence-corrected chi connectivity index (χ4v) is 6.08. The van der Waals surface area contributed by atoms with Gasteiger partial charge < -0.3 is 9.47 Å². The first-order valence-corrected chi connectivity index (χ1v) is 13.8. The number of rotatable bonds is 10. The molecule has 1 fully saturated rings. The minimum absolute atomic E-state index is 0.103. The Hall–Kier alpha value is -2.53. The van der Waals surface area contributed by atoms with E-state index in [0.29, 0.717) is 17.4 Å². The lowest BCUT2D eigenvalue weighted by molar-refractivity contribution is -0.118. The monoisotopic (exact) mass is 503 g/mol. The molecule has 0 unspecified atom stereocenters. The number of sulfone groups is 1. The third-order valence-electron chi connectivity index (χ3n) is 5.76. The Morgan fingerprint density at radius 3 is 2.68 bits per heavy atom. The standard InChI is InChI=1S/C24H29N3O5S2/c1-31-19-8-9-22-21(18-19)25-24(33-22)27(12-5-11-26-13-15-32-16-14-26)23(28)10-17-34(29,30)20-6-3-2-4-7-20/h2-4,6-9,18H,5,10-17H2,1H3. The van der Waals surface area contributed by atoms with Crippen molar-refractivity contribution in [3.05, 3.63) is 48.5 Å². The normalized spacial score (nSPS) is 14.9. The predicted octanol–water partition coefficient (Wildman–Crippen LogP) is 3.22. The molecule has 0 aliphatic carbocycles. The number of carbonyl (C=O) groups excluding carboxylic acids is 1. The molecule has 0 saturated carbocycles. The van der Waals surface area contributed by atoms with Crippen LogP contribution in [0.2, 0.25) is 0 Å². The first-order valence-electron chi connectivity index (χ1n) is 11.3. The van der Waals surface area contributed by atoms with Crippen molar-refractivity contribution >= 4 is 42.4 Å². The Kier molecular flexibility index (Phi) is 8.15. The minimum Gasteiger partial charge on any atom is -0.497 e. The third-order valence-corrected chi connectivity index (χ3v) is 8.55. The van der Waals surface area contributed by atoms with Crippen LogP contribution < -0.4 is 9.64 Å². The van der Waals surface area contributed by atoms with Gasteiger partial charge in [0.25, 0.3) is 0 Å². The minimum atomic E-state index is -3.55. The number of ether oxygens (including phenoxy) is 2. The first-order chi connectivity index (χ1) is 16.5. The number of morpholine rings is 1. The maximum absolute atomic E-state index is 13.3. The second kappa shape index (κ2) is 11.3. The highest BCUT2D eigenvalue weighted by molar-refractivity contribution is 7.91. The number of thiazole rings is 1. The second-order valence-corrected chi connectivity index (χ2v) is 11.2. The van der Waals surface area contributed by atoms with Crippen LogP contribution in [0.1, 0.15) is 12.8 Å². The lowest BCUT2D eigenvalue weighted by Crippen LogP contribution is -2.39. The summed E-state index contributed by atoms with van der Waals surface area (Å²) in [6.07, 6.45) is 0.657. The molecular formula is C24H29N3O5S2. The van der Waals surface area contributed by atoms with E-state index in [2.05, 4.69) is 9.88 Å². The molecule has 182 valence electrons. The Morgan fingerprint density at radius 2 is 1.94 bits per heavy atom. The zero-order valence-electron chi connectivity index (χ0n) is 19.2. The summed E-state index contributed by atoms with van der Waals surface area (Å²) < 4.78 is 37.1. The molecule has 0 atom stereocenters. The van der Waals surface area contributed by atoms with Gasteiger partial charge in [0.15, 0.2) is 15.0 Å². The molecule has 4 rings (SSSR count). The van der Waals surface area contributed by atoms with E-state index in [1.807, 2.05) is 18.2 Å². The first kappa shape index (κ1) is 24.6. The number of anilines is 1. The van der Waals surface area contributed by atoms with Crippen molar-refractivity contribution in [3.8, 4) is 5.75 Å². The van der Waals surface area contributed by atoms with Gasteiger partial charge in [0.05, 0.1) is 41.2 Å². The van der Waals surface area contributed by atoms with Crippen molar-refractivity contribution < 1.29 is 22.7 Å². The molecule has 8 nitrogen and oxygen atoms in total. The molecule has 0 radical (unpaired) electrons. The molecule has 1 aromatic heterocycles. The Morgan fingerprint density at radius 1 is 1.18 bits per heavy atom. The number of aromatic nitrogens is 1. The van der Waals surface area contributed by atoms with Crippen LogP contribution in [0, 0.1) is 0 Å². The largest absolute Gasteiger partial charge is 0.497 e. The molecular weight excluding hydrogens is 474 g/mol. The van der Waals surface area contributed by atoms with Crippen molar-refractivity contribution in [1.82, 2.24) is 9.88 Å². The molecule has 0 bridgehead atoms. The summed E-state index contributed by atoms with van der Waals surface area (Å²) in [5.74, 6) is 0.213. The second-order valence-electron chi connectivity index (χ2n) is 8.06. The number of hydrogen-bond donors (Lipinski definition) is 0. The number of benzene rings is 2. The average Bonchev–Trinajstić information content (AvgIpc) is 3.29. The summed E-state index contributed by atoms with van der Waals surface area (Å²) in [7, 11) is -1.95. The van der Waals surface area contributed by atoms with Gasteiger partial charge >= 0.3 is 0 Å². The van der Waals surface area contributed by atoms with E-state index < -0.39 is 9.84 Å². The van der Waals surface area contributed by atoms with E-state index in [9.17, 15) is 13.2 Å². The van der Waals surface area contributed by atoms with Crippen LogP contribution >= 0.6 is 11.3 Å². The molecule has 1 aliphatic rings. The maximum atomic E-state index is 13.3. The Labute approximate surface area is 204 Å². The SMILES string of the molecule is COc1ccc2sc(N(CCCN3CCOCC3)C(=O)CCS(=O)(=O)c3ccccc3)nc2c1. The van der Waals surface area contributed by atoms with Crippen molar-refractivity contribution in [1.29, 1.82) is 0 Å². The number of carbonyl (C=O) groups is 1. The van der Waals surface area contributed by atoms with Gasteiger partial charge in [-0.1, -0.05) is 29.5 Å². The number of nitrogens with zero attached hydrogens (tertiary/aromatic N) is 3. The van der Waals surface area contributed by atoms with E-state index >= 15 is 0 Å². The smallest absolute Gasteiger partial charge is 0.229 e. The fraction of sp³-hybridized carbons (Fsp3) is 0.417. The van der Waals surface area contributed by atoms with Crippen molar-refractivity contribution in [2.45, 2.75) is 17.7 Å². The van der Waals surface area contributed by atoms with Crippen molar-refractivity contribution in [2.75, 3.05) is 57.2 Å². The quantitative estimate of drug-likeness (QED) is 0.420. The number of amides is 1. The molecule has 0 spiro atoms. The summed E-state index contributed by atoms with van der Waals surface area (Å²) in [5.41, 5.74) is 0.752.